The number of hydrogen-bond acceptors (Lipinski definition) is 6. The van der Waals surface area contributed by atoms with E-state index in [2.05, 4.69) is 51.5 Å². The van der Waals surface area contributed by atoms with Crippen molar-refractivity contribution in [3.05, 3.63) is 71.4 Å². The Kier molecular flexibility index (Phi) is 4.65. The highest BCUT2D eigenvalue weighted by Crippen LogP contribution is 2.21. The monoisotopic (exact) mass is 374 g/mol. The number of nitrogens with zero attached hydrogens (tertiary/aromatic N) is 6. The SMILES string of the molecule is Cc1cc(C)n(-c2cccc(CN(C)c3nncc(-c4ccc(C)o4)n3)c2)n1. The molecule has 0 atom stereocenters. The molecular weight excluding hydrogens is 352 g/mol. The van der Waals surface area contributed by atoms with Crippen LogP contribution in [-0.4, -0.2) is 32.0 Å². The van der Waals surface area contributed by atoms with Crippen LogP contribution in [0, 0.1) is 20.8 Å². The lowest BCUT2D eigenvalue weighted by molar-refractivity contribution is 0.545. The van der Waals surface area contributed by atoms with Gasteiger partial charge in [0.1, 0.15) is 11.5 Å². The molecule has 0 radical (unpaired) electrons. The van der Waals surface area contributed by atoms with Gasteiger partial charge >= 0.3 is 0 Å². The number of aryl methyl sites for hydroxylation is 3. The summed E-state index contributed by atoms with van der Waals surface area (Å²) in [6, 6.07) is 14.2. The molecular formula is C21H22N6O. The van der Waals surface area contributed by atoms with Crippen LogP contribution in [0.4, 0.5) is 5.95 Å². The zero-order valence-electron chi connectivity index (χ0n) is 16.4. The molecule has 0 saturated carbocycles. The van der Waals surface area contributed by atoms with E-state index in [1.807, 2.05) is 48.7 Å². The Balaban J connectivity index is 1.56. The molecule has 0 aliphatic heterocycles. The zero-order valence-corrected chi connectivity index (χ0v) is 16.4. The van der Waals surface area contributed by atoms with Gasteiger partial charge in [0.25, 0.3) is 0 Å². The summed E-state index contributed by atoms with van der Waals surface area (Å²) < 4.78 is 7.60. The lowest BCUT2D eigenvalue weighted by atomic mass is 10.2. The van der Waals surface area contributed by atoms with E-state index in [1.54, 1.807) is 6.20 Å². The number of furan rings is 1. The molecule has 142 valence electrons. The number of anilines is 1. The molecule has 3 heterocycles. The fraction of sp³-hybridized carbons (Fsp3) is 0.238. The van der Waals surface area contributed by atoms with Gasteiger partial charge in [-0.15, -0.1) is 5.10 Å². The van der Waals surface area contributed by atoms with Gasteiger partial charge in [0.2, 0.25) is 5.95 Å². The van der Waals surface area contributed by atoms with Crippen molar-refractivity contribution in [2.75, 3.05) is 11.9 Å². The first-order chi connectivity index (χ1) is 13.5. The van der Waals surface area contributed by atoms with E-state index in [4.69, 9.17) is 4.42 Å². The van der Waals surface area contributed by atoms with Crippen LogP contribution in [0.2, 0.25) is 0 Å². The first kappa shape index (κ1) is 17.9. The Labute approximate surface area is 163 Å². The van der Waals surface area contributed by atoms with Gasteiger partial charge in [-0.1, -0.05) is 12.1 Å². The lowest BCUT2D eigenvalue weighted by Gasteiger charge is -2.17. The summed E-state index contributed by atoms with van der Waals surface area (Å²) in [4.78, 5) is 6.56. The summed E-state index contributed by atoms with van der Waals surface area (Å²) in [7, 11) is 1.95. The van der Waals surface area contributed by atoms with Gasteiger partial charge in [-0.2, -0.15) is 10.2 Å². The maximum absolute atomic E-state index is 5.64. The van der Waals surface area contributed by atoms with Gasteiger partial charge in [-0.3, -0.25) is 0 Å². The van der Waals surface area contributed by atoms with Crippen molar-refractivity contribution >= 4 is 5.95 Å². The van der Waals surface area contributed by atoms with Crippen LogP contribution in [0.3, 0.4) is 0 Å². The molecule has 0 unspecified atom stereocenters. The molecule has 3 aromatic heterocycles. The Morgan fingerprint density at radius 1 is 1.07 bits per heavy atom. The number of rotatable bonds is 5. The van der Waals surface area contributed by atoms with Crippen molar-refractivity contribution in [2.45, 2.75) is 27.3 Å². The summed E-state index contributed by atoms with van der Waals surface area (Å²) in [6.45, 7) is 6.61. The second-order valence-electron chi connectivity index (χ2n) is 6.92. The molecule has 0 aliphatic rings. The van der Waals surface area contributed by atoms with Gasteiger partial charge in [0.15, 0.2) is 5.76 Å². The minimum Gasteiger partial charge on any atom is -0.460 e. The Bertz CT molecular complexity index is 1110. The van der Waals surface area contributed by atoms with E-state index < -0.39 is 0 Å². The Morgan fingerprint density at radius 3 is 2.64 bits per heavy atom. The van der Waals surface area contributed by atoms with Crippen molar-refractivity contribution in [1.82, 2.24) is 25.0 Å². The van der Waals surface area contributed by atoms with E-state index in [1.165, 1.54) is 0 Å². The minimum absolute atomic E-state index is 0.545. The first-order valence-corrected chi connectivity index (χ1v) is 9.10. The van der Waals surface area contributed by atoms with Crippen molar-refractivity contribution in [3.63, 3.8) is 0 Å². The van der Waals surface area contributed by atoms with Crippen LogP contribution in [-0.2, 0) is 6.54 Å². The molecule has 0 aliphatic carbocycles. The molecule has 0 N–H and O–H groups in total. The predicted molar refractivity (Wildman–Crippen MR) is 107 cm³/mol. The van der Waals surface area contributed by atoms with Crippen LogP contribution in [0.5, 0.6) is 0 Å². The van der Waals surface area contributed by atoms with Crippen molar-refractivity contribution in [1.29, 1.82) is 0 Å². The average molecular weight is 374 g/mol. The normalized spacial score (nSPS) is 11.0. The van der Waals surface area contributed by atoms with Gasteiger partial charge in [0, 0.05) is 19.3 Å². The highest BCUT2D eigenvalue weighted by Gasteiger charge is 2.12. The van der Waals surface area contributed by atoms with E-state index >= 15 is 0 Å². The molecule has 0 spiro atoms. The first-order valence-electron chi connectivity index (χ1n) is 9.10. The van der Waals surface area contributed by atoms with Crippen LogP contribution in [0.1, 0.15) is 22.7 Å². The summed E-state index contributed by atoms with van der Waals surface area (Å²) >= 11 is 0. The molecule has 1 aromatic carbocycles. The summed E-state index contributed by atoms with van der Waals surface area (Å²) in [6.07, 6.45) is 1.61. The molecule has 0 saturated heterocycles. The van der Waals surface area contributed by atoms with Crippen molar-refractivity contribution in [3.8, 4) is 17.1 Å². The van der Waals surface area contributed by atoms with Gasteiger partial charge in [0.05, 0.1) is 17.6 Å². The van der Waals surface area contributed by atoms with Gasteiger partial charge in [-0.25, -0.2) is 9.67 Å². The third-order valence-corrected chi connectivity index (χ3v) is 4.47. The Morgan fingerprint density at radius 2 is 1.93 bits per heavy atom. The summed E-state index contributed by atoms with van der Waals surface area (Å²) in [5.41, 5.74) is 4.95. The van der Waals surface area contributed by atoms with Crippen LogP contribution >= 0.6 is 0 Å². The lowest BCUT2D eigenvalue weighted by Crippen LogP contribution is -2.20. The highest BCUT2D eigenvalue weighted by molar-refractivity contribution is 5.52. The zero-order chi connectivity index (χ0) is 19.7. The summed E-state index contributed by atoms with van der Waals surface area (Å²) in [5, 5.41) is 12.8. The van der Waals surface area contributed by atoms with Crippen molar-refractivity contribution in [2.24, 2.45) is 0 Å². The van der Waals surface area contributed by atoms with Crippen LogP contribution in [0.25, 0.3) is 17.1 Å². The number of benzene rings is 1. The minimum atomic E-state index is 0.545. The highest BCUT2D eigenvalue weighted by atomic mass is 16.3. The van der Waals surface area contributed by atoms with Crippen LogP contribution < -0.4 is 4.90 Å². The van der Waals surface area contributed by atoms with E-state index in [9.17, 15) is 0 Å². The maximum Gasteiger partial charge on any atom is 0.246 e. The van der Waals surface area contributed by atoms with E-state index in [0.29, 0.717) is 23.9 Å². The molecule has 0 amide bonds. The predicted octanol–water partition coefficient (Wildman–Crippen LogP) is 3.88. The fourth-order valence-corrected chi connectivity index (χ4v) is 3.17. The maximum atomic E-state index is 5.64. The molecule has 0 fully saturated rings. The second kappa shape index (κ2) is 7.26. The van der Waals surface area contributed by atoms with Crippen LogP contribution in [0.15, 0.2) is 53.1 Å². The fourth-order valence-electron chi connectivity index (χ4n) is 3.17. The molecule has 0 bridgehead atoms. The molecule has 28 heavy (non-hydrogen) atoms. The van der Waals surface area contributed by atoms with E-state index in [-0.39, 0.29) is 0 Å². The molecule has 7 nitrogen and oxygen atoms in total. The number of aromatic nitrogens is 5. The largest absolute Gasteiger partial charge is 0.460 e. The van der Waals surface area contributed by atoms with Gasteiger partial charge in [-0.05, 0) is 56.7 Å². The Hall–Kier alpha value is -3.48. The molecule has 4 rings (SSSR count). The average Bonchev–Trinajstić information content (AvgIpc) is 3.27. The smallest absolute Gasteiger partial charge is 0.246 e. The topological polar surface area (TPSA) is 72.9 Å². The third-order valence-electron chi connectivity index (χ3n) is 4.47. The second-order valence-corrected chi connectivity index (χ2v) is 6.92. The molecule has 4 aromatic rings. The van der Waals surface area contributed by atoms with Crippen molar-refractivity contribution < 1.29 is 4.42 Å². The molecule has 7 heteroatoms. The quantitative estimate of drug-likeness (QED) is 0.528. The third kappa shape index (κ3) is 3.64. The summed E-state index contributed by atoms with van der Waals surface area (Å²) in [5.74, 6) is 2.07. The standard InChI is InChI=1S/C21H22N6O/c1-14-10-15(2)27(25-14)18-7-5-6-17(11-18)13-26(4)21-23-19(12-22-24-21)20-9-8-16(3)28-20/h5-12H,13H2,1-4H3. The van der Waals surface area contributed by atoms with E-state index in [0.717, 1.165) is 28.4 Å². The van der Waals surface area contributed by atoms with Gasteiger partial charge < -0.3 is 9.32 Å². The number of hydrogen-bond donors (Lipinski definition) is 0.